The highest BCUT2D eigenvalue weighted by molar-refractivity contribution is 7.86. The molecule has 21 nitrogen and oxygen atoms in total. The lowest BCUT2D eigenvalue weighted by Gasteiger charge is -2.19. The van der Waals surface area contributed by atoms with E-state index >= 15 is 0 Å². The van der Waals surface area contributed by atoms with Crippen molar-refractivity contribution in [2.45, 2.75) is 63.8 Å². The van der Waals surface area contributed by atoms with Gasteiger partial charge in [-0.2, -0.15) is 16.8 Å². The summed E-state index contributed by atoms with van der Waals surface area (Å²) in [5.74, 6) is -3.82. The molecule has 1 aliphatic rings. The van der Waals surface area contributed by atoms with Gasteiger partial charge in [0.1, 0.15) is 25.9 Å². The van der Waals surface area contributed by atoms with Crippen LogP contribution >= 0.6 is 0 Å². The van der Waals surface area contributed by atoms with Crippen molar-refractivity contribution in [2.75, 3.05) is 83.9 Å². The molecule has 8 N–H and O–H groups in total. The molecule has 1 unspecified atom stereocenters. The SMILES string of the molecule is CN(C)c1ccc(C(=C2C=CC(=[N+](C)C)C=C2)c2ccc(OCCCC(=O)NCCNC(=O)C(CCCCNC(=O)CCC(=O)NCCS(=O)(=O)O)NC(=O)CCC(=O)NCCS(=O)(=O)O)cc2)cc1. The van der Waals surface area contributed by atoms with Gasteiger partial charge in [0.2, 0.25) is 35.4 Å². The number of nitrogens with one attached hydrogen (secondary N) is 6. The van der Waals surface area contributed by atoms with Crippen molar-refractivity contribution in [1.29, 1.82) is 0 Å². The molecule has 6 amide bonds. The largest absolute Gasteiger partial charge is 0.494 e. The van der Waals surface area contributed by atoms with E-state index in [1.54, 1.807) is 0 Å². The van der Waals surface area contributed by atoms with Crippen molar-refractivity contribution in [3.63, 3.8) is 0 Å². The highest BCUT2D eigenvalue weighted by Gasteiger charge is 2.21. The van der Waals surface area contributed by atoms with E-state index in [1.807, 2.05) is 52.5 Å². The Kier molecular flexibility index (Phi) is 24.4. The number of anilines is 1. The highest BCUT2D eigenvalue weighted by atomic mass is 32.2. The molecule has 0 aliphatic heterocycles. The van der Waals surface area contributed by atoms with Crippen molar-refractivity contribution in [2.24, 2.45) is 0 Å². The maximum absolute atomic E-state index is 13.2. The summed E-state index contributed by atoms with van der Waals surface area (Å²) in [4.78, 5) is 76.7. The summed E-state index contributed by atoms with van der Waals surface area (Å²) in [7, 11) is -0.524. The van der Waals surface area contributed by atoms with Gasteiger partial charge in [0.05, 0.1) is 18.1 Å². The predicted molar refractivity (Wildman–Crippen MR) is 265 cm³/mol. The van der Waals surface area contributed by atoms with Crippen molar-refractivity contribution in [1.82, 2.24) is 31.9 Å². The molecule has 0 fully saturated rings. The van der Waals surface area contributed by atoms with E-state index in [2.05, 4.69) is 89.9 Å². The van der Waals surface area contributed by atoms with Gasteiger partial charge in [0.25, 0.3) is 20.2 Å². The third-order valence-corrected chi connectivity index (χ3v) is 11.9. The molecule has 0 saturated carbocycles. The topological polar surface area (TPSA) is 299 Å². The molecule has 2 aromatic carbocycles. The van der Waals surface area contributed by atoms with E-state index in [0.717, 1.165) is 33.7 Å². The number of carbonyl (C=O) groups excluding carboxylic acids is 6. The molecule has 0 bridgehead atoms. The molecule has 384 valence electrons. The van der Waals surface area contributed by atoms with E-state index in [-0.39, 0.29) is 83.8 Å². The number of unbranched alkanes of at least 4 members (excludes halogenated alkanes) is 1. The van der Waals surface area contributed by atoms with Gasteiger partial charge in [-0.15, -0.1) is 0 Å². The van der Waals surface area contributed by atoms with Gasteiger partial charge in [-0.05, 0) is 84.4 Å². The maximum atomic E-state index is 13.2. The van der Waals surface area contributed by atoms with Crippen LogP contribution in [0.15, 0.2) is 78.4 Å². The van der Waals surface area contributed by atoms with Crippen LogP contribution in [0.25, 0.3) is 5.57 Å². The van der Waals surface area contributed by atoms with Crippen molar-refractivity contribution < 1.29 is 64.0 Å². The minimum absolute atomic E-state index is 0.0357. The summed E-state index contributed by atoms with van der Waals surface area (Å²) in [6.07, 6.45) is 8.82. The van der Waals surface area contributed by atoms with Crippen molar-refractivity contribution in [3.8, 4) is 5.75 Å². The van der Waals surface area contributed by atoms with Gasteiger partial charge < -0.3 is 41.5 Å². The number of benzene rings is 2. The van der Waals surface area contributed by atoms with E-state index in [1.165, 1.54) is 0 Å². The van der Waals surface area contributed by atoms with E-state index in [9.17, 15) is 45.6 Å². The summed E-state index contributed by atoms with van der Waals surface area (Å²) < 4.78 is 68.9. The van der Waals surface area contributed by atoms with Crippen molar-refractivity contribution in [3.05, 3.63) is 89.5 Å². The summed E-state index contributed by atoms with van der Waals surface area (Å²) in [5.41, 5.74) is 6.42. The smallest absolute Gasteiger partial charge is 0.266 e. The summed E-state index contributed by atoms with van der Waals surface area (Å²) in [6.45, 7) is -0.0649. The molecule has 1 atom stereocenters. The Morgan fingerprint density at radius 3 is 1.57 bits per heavy atom. The summed E-state index contributed by atoms with van der Waals surface area (Å²) >= 11 is 0. The molecule has 0 saturated heterocycles. The Labute approximate surface area is 410 Å². The Balaban J connectivity index is 1.46. The average Bonchev–Trinajstić information content (AvgIpc) is 3.30. The monoisotopic (exact) mass is 1020 g/mol. The lowest BCUT2D eigenvalue weighted by molar-refractivity contribution is -0.462. The lowest BCUT2D eigenvalue weighted by atomic mass is 9.90. The van der Waals surface area contributed by atoms with Crippen LogP contribution in [0, 0.1) is 0 Å². The quantitative estimate of drug-likeness (QED) is 0.0309. The third-order valence-electron chi connectivity index (χ3n) is 10.5. The number of hydrogen-bond donors (Lipinski definition) is 8. The van der Waals surface area contributed by atoms with Crippen LogP contribution in [0.3, 0.4) is 0 Å². The van der Waals surface area contributed by atoms with Gasteiger partial charge in [-0.3, -0.25) is 37.9 Å². The molecule has 0 spiro atoms. The minimum Gasteiger partial charge on any atom is -0.494 e. The molecular weight excluding hydrogens is 949 g/mol. The Hall–Kier alpha value is -6.43. The fourth-order valence-electron chi connectivity index (χ4n) is 6.69. The first kappa shape index (κ1) is 57.9. The first-order chi connectivity index (χ1) is 33.1. The molecule has 70 heavy (non-hydrogen) atoms. The second-order valence-electron chi connectivity index (χ2n) is 16.6. The second-order valence-corrected chi connectivity index (χ2v) is 19.8. The molecule has 0 heterocycles. The van der Waals surface area contributed by atoms with Crippen LogP contribution in [0.5, 0.6) is 5.75 Å². The zero-order valence-corrected chi connectivity index (χ0v) is 41.8. The number of nitrogens with zero attached hydrogens (tertiary/aromatic N) is 2. The standard InChI is InChI=1S/C47H66N8O13S2/c1-54(2)37-16-10-34(11-17-37)46(35-12-18-38(19-13-35)55(3)4)36-14-20-39(21-15-36)68-31-7-9-41(56)49-27-28-52-47(61)40(53-45(60)25-24-44(59)51-30-33-70(65,66)67)8-5-6-26-48-42(57)22-23-43(58)50-29-32-69(62,63)64/h10-21,40H,5-9,22-33H2,1-4H3,(H7-,48,49,50,51,52,53,56,57,58,59,60,61,62,63,64,65,66,67)/p+1. The van der Waals surface area contributed by atoms with Crippen LogP contribution in [-0.4, -0.2) is 157 Å². The zero-order chi connectivity index (χ0) is 51.7. The molecule has 0 radical (unpaired) electrons. The van der Waals surface area contributed by atoms with Crippen LogP contribution in [0.1, 0.15) is 68.9 Å². The first-order valence-corrected chi connectivity index (χ1v) is 26.0. The van der Waals surface area contributed by atoms with Crippen LogP contribution in [0.4, 0.5) is 5.69 Å². The minimum atomic E-state index is -4.29. The molecule has 3 rings (SSSR count). The Morgan fingerprint density at radius 1 is 0.586 bits per heavy atom. The highest BCUT2D eigenvalue weighted by Crippen LogP contribution is 2.32. The first-order valence-electron chi connectivity index (χ1n) is 22.8. The predicted octanol–water partition coefficient (Wildman–Crippen LogP) is 1.12. The fraction of sp³-hybridized carbons (Fsp3) is 0.468. The molecule has 0 aromatic heterocycles. The van der Waals surface area contributed by atoms with E-state index in [4.69, 9.17) is 13.8 Å². The van der Waals surface area contributed by atoms with Gasteiger partial charge >= 0.3 is 0 Å². The number of carbonyl (C=O) groups is 6. The number of rotatable bonds is 30. The normalized spacial score (nSPS) is 12.6. The van der Waals surface area contributed by atoms with Gasteiger partial charge in [-0.1, -0.05) is 24.3 Å². The van der Waals surface area contributed by atoms with E-state index in [0.29, 0.717) is 25.0 Å². The third kappa shape index (κ3) is 23.7. The second kappa shape index (κ2) is 29.6. The van der Waals surface area contributed by atoms with Crippen LogP contribution in [0.2, 0.25) is 0 Å². The Bertz CT molecular complexity index is 2450. The summed E-state index contributed by atoms with van der Waals surface area (Å²) in [5, 5.41) is 15.2. The van der Waals surface area contributed by atoms with Crippen LogP contribution in [-0.2, 0) is 49.0 Å². The Morgan fingerprint density at radius 2 is 1.06 bits per heavy atom. The lowest BCUT2D eigenvalue weighted by Crippen LogP contribution is -2.48. The van der Waals surface area contributed by atoms with Gasteiger partial charge in [0, 0.05) is 96.8 Å². The van der Waals surface area contributed by atoms with Crippen molar-refractivity contribution >= 4 is 72.7 Å². The van der Waals surface area contributed by atoms with E-state index < -0.39 is 67.3 Å². The van der Waals surface area contributed by atoms with Gasteiger partial charge in [-0.25, -0.2) is 4.58 Å². The molecule has 23 heteroatoms. The number of allylic oxidation sites excluding steroid dienone is 5. The number of hydrogen-bond acceptors (Lipinski definition) is 12. The molecular formula is C47H67N8O13S2+. The fourth-order valence-corrected chi connectivity index (χ4v) is 7.41. The molecule has 1 aliphatic carbocycles. The number of ether oxygens (including phenoxy) is 1. The molecule has 2 aromatic rings. The average molecular weight is 1020 g/mol. The summed E-state index contributed by atoms with van der Waals surface area (Å²) in [6, 6.07) is 15.2. The van der Waals surface area contributed by atoms with Crippen LogP contribution < -0.4 is 41.5 Å². The zero-order valence-electron chi connectivity index (χ0n) is 40.1. The van der Waals surface area contributed by atoms with Gasteiger partial charge in [0.15, 0.2) is 5.71 Å². The maximum Gasteiger partial charge on any atom is 0.266 e. The number of amides is 6.